The molecular weight excluding hydrogens is 212 g/mol. The molecule has 1 heterocycles. The van der Waals surface area contributed by atoms with Crippen molar-refractivity contribution in [3.05, 3.63) is 0 Å². The molecule has 5 N–H and O–H groups in total. The SMILES string of the molecule is CCC1C(O)NC(CN)(COC)OC1CO. The zero-order valence-electron chi connectivity index (χ0n) is 9.85. The minimum absolute atomic E-state index is 0.136. The topological polar surface area (TPSA) is 97.0 Å². The van der Waals surface area contributed by atoms with Crippen molar-refractivity contribution in [1.29, 1.82) is 0 Å². The molecule has 0 bridgehead atoms. The van der Waals surface area contributed by atoms with Crippen molar-refractivity contribution in [2.24, 2.45) is 11.7 Å². The fourth-order valence-electron chi connectivity index (χ4n) is 2.12. The maximum absolute atomic E-state index is 9.95. The lowest BCUT2D eigenvalue weighted by Crippen LogP contribution is -2.68. The highest BCUT2D eigenvalue weighted by Gasteiger charge is 2.44. The third-order valence-corrected chi connectivity index (χ3v) is 3.03. The van der Waals surface area contributed by atoms with Gasteiger partial charge in [-0.3, -0.25) is 5.32 Å². The van der Waals surface area contributed by atoms with Gasteiger partial charge in [-0.15, -0.1) is 0 Å². The van der Waals surface area contributed by atoms with Crippen molar-refractivity contribution in [1.82, 2.24) is 5.32 Å². The lowest BCUT2D eigenvalue weighted by Gasteiger charge is -2.46. The van der Waals surface area contributed by atoms with Crippen LogP contribution >= 0.6 is 0 Å². The fraction of sp³-hybridized carbons (Fsp3) is 1.00. The second-order valence-electron chi connectivity index (χ2n) is 4.13. The van der Waals surface area contributed by atoms with Crippen LogP contribution in [-0.4, -0.2) is 55.1 Å². The minimum Gasteiger partial charge on any atom is -0.394 e. The first-order chi connectivity index (χ1) is 7.62. The molecule has 0 aromatic carbocycles. The van der Waals surface area contributed by atoms with E-state index in [-0.39, 0.29) is 25.7 Å². The minimum atomic E-state index is -0.909. The highest BCUT2D eigenvalue weighted by Crippen LogP contribution is 2.27. The summed E-state index contributed by atoms with van der Waals surface area (Å²) in [5.74, 6) is -0.137. The maximum Gasteiger partial charge on any atom is 0.157 e. The number of rotatable bonds is 5. The number of hydrogen-bond donors (Lipinski definition) is 4. The van der Waals surface area contributed by atoms with Gasteiger partial charge in [-0.1, -0.05) is 6.92 Å². The predicted molar refractivity (Wildman–Crippen MR) is 58.5 cm³/mol. The van der Waals surface area contributed by atoms with E-state index in [2.05, 4.69) is 5.32 Å². The van der Waals surface area contributed by atoms with Gasteiger partial charge in [0.15, 0.2) is 5.72 Å². The summed E-state index contributed by atoms with van der Waals surface area (Å²) in [6, 6.07) is 0. The van der Waals surface area contributed by atoms with Gasteiger partial charge in [0.05, 0.1) is 19.3 Å². The Kier molecular flexibility index (Phi) is 5.10. The Morgan fingerprint density at radius 1 is 1.56 bits per heavy atom. The molecule has 0 amide bonds. The molecule has 1 aliphatic rings. The van der Waals surface area contributed by atoms with E-state index in [1.54, 1.807) is 0 Å². The Bertz CT molecular complexity index is 217. The molecule has 0 spiro atoms. The van der Waals surface area contributed by atoms with Gasteiger partial charge in [0.25, 0.3) is 0 Å². The largest absolute Gasteiger partial charge is 0.394 e. The van der Waals surface area contributed by atoms with Crippen LogP contribution in [0.1, 0.15) is 13.3 Å². The average Bonchev–Trinajstić information content (AvgIpc) is 2.28. The Hall–Kier alpha value is -0.240. The molecule has 1 saturated heterocycles. The van der Waals surface area contributed by atoms with Gasteiger partial charge in [0, 0.05) is 19.6 Å². The summed E-state index contributed by atoms with van der Waals surface area (Å²) in [4.78, 5) is 0. The number of hydrogen-bond acceptors (Lipinski definition) is 6. The Morgan fingerprint density at radius 2 is 2.25 bits per heavy atom. The van der Waals surface area contributed by atoms with Crippen LogP contribution < -0.4 is 11.1 Å². The summed E-state index contributed by atoms with van der Waals surface area (Å²) in [5.41, 5.74) is 4.72. The summed E-state index contributed by atoms with van der Waals surface area (Å²) >= 11 is 0. The first-order valence-corrected chi connectivity index (χ1v) is 5.56. The number of nitrogens with one attached hydrogen (secondary N) is 1. The van der Waals surface area contributed by atoms with Crippen LogP contribution in [0.3, 0.4) is 0 Å². The number of ether oxygens (including phenoxy) is 2. The van der Waals surface area contributed by atoms with E-state index in [0.717, 1.165) is 0 Å². The van der Waals surface area contributed by atoms with Gasteiger partial charge in [-0.25, -0.2) is 0 Å². The molecule has 1 aliphatic heterocycles. The van der Waals surface area contributed by atoms with E-state index in [0.29, 0.717) is 6.42 Å². The highest BCUT2D eigenvalue weighted by atomic mass is 16.6. The third kappa shape index (κ3) is 2.71. The van der Waals surface area contributed by atoms with Crippen LogP contribution in [0.5, 0.6) is 0 Å². The molecule has 4 unspecified atom stereocenters. The van der Waals surface area contributed by atoms with E-state index >= 15 is 0 Å². The smallest absolute Gasteiger partial charge is 0.157 e. The average molecular weight is 234 g/mol. The second kappa shape index (κ2) is 5.90. The van der Waals surface area contributed by atoms with Crippen LogP contribution in [0.4, 0.5) is 0 Å². The van der Waals surface area contributed by atoms with Crippen molar-refractivity contribution in [2.45, 2.75) is 31.4 Å². The molecule has 1 rings (SSSR count). The zero-order valence-corrected chi connectivity index (χ0v) is 9.85. The summed E-state index contributed by atoms with van der Waals surface area (Å²) < 4.78 is 10.7. The number of aliphatic hydroxyl groups is 2. The van der Waals surface area contributed by atoms with Gasteiger partial charge in [-0.05, 0) is 6.42 Å². The van der Waals surface area contributed by atoms with Crippen LogP contribution in [0.15, 0.2) is 0 Å². The molecule has 0 aromatic heterocycles. The first kappa shape index (κ1) is 13.8. The van der Waals surface area contributed by atoms with E-state index in [1.807, 2.05) is 6.92 Å². The molecular formula is C10H22N2O4. The fourth-order valence-corrected chi connectivity index (χ4v) is 2.12. The highest BCUT2D eigenvalue weighted by molar-refractivity contribution is 4.91. The predicted octanol–water partition coefficient (Wildman–Crippen LogP) is -1.39. The lowest BCUT2D eigenvalue weighted by atomic mass is 9.93. The first-order valence-electron chi connectivity index (χ1n) is 5.56. The zero-order chi connectivity index (χ0) is 12.2. The molecule has 6 nitrogen and oxygen atoms in total. The summed E-state index contributed by atoms with van der Waals surface area (Å²) in [5, 5.41) is 22.1. The molecule has 0 aromatic rings. The van der Waals surface area contributed by atoms with Crippen molar-refractivity contribution < 1.29 is 19.7 Å². The van der Waals surface area contributed by atoms with E-state index < -0.39 is 18.1 Å². The monoisotopic (exact) mass is 234 g/mol. The molecule has 6 heteroatoms. The van der Waals surface area contributed by atoms with Crippen LogP contribution in [0.2, 0.25) is 0 Å². The molecule has 96 valence electrons. The number of nitrogens with two attached hydrogens (primary N) is 1. The summed E-state index contributed by atoms with van der Waals surface area (Å²) in [6.07, 6.45) is -0.443. The molecule has 0 radical (unpaired) electrons. The number of methoxy groups -OCH3 is 1. The molecule has 0 saturated carbocycles. The number of aliphatic hydroxyl groups excluding tert-OH is 2. The molecule has 1 fully saturated rings. The summed E-state index contributed by atoms with van der Waals surface area (Å²) in [6.45, 7) is 2.20. The van der Waals surface area contributed by atoms with E-state index in [4.69, 9.17) is 15.2 Å². The Morgan fingerprint density at radius 3 is 2.69 bits per heavy atom. The summed E-state index contributed by atoms with van der Waals surface area (Å²) in [7, 11) is 1.54. The molecule has 16 heavy (non-hydrogen) atoms. The van der Waals surface area contributed by atoms with E-state index in [1.165, 1.54) is 7.11 Å². The Labute approximate surface area is 95.7 Å². The van der Waals surface area contributed by atoms with Gasteiger partial charge in [0.1, 0.15) is 6.23 Å². The normalized spacial score (nSPS) is 39.9. The Balaban J connectivity index is 2.78. The van der Waals surface area contributed by atoms with E-state index in [9.17, 15) is 10.2 Å². The lowest BCUT2D eigenvalue weighted by molar-refractivity contribution is -0.235. The second-order valence-corrected chi connectivity index (χ2v) is 4.13. The van der Waals surface area contributed by atoms with Crippen LogP contribution in [-0.2, 0) is 9.47 Å². The third-order valence-electron chi connectivity index (χ3n) is 3.03. The van der Waals surface area contributed by atoms with Crippen molar-refractivity contribution in [3.8, 4) is 0 Å². The van der Waals surface area contributed by atoms with Crippen molar-refractivity contribution in [2.75, 3.05) is 26.9 Å². The van der Waals surface area contributed by atoms with Crippen molar-refractivity contribution in [3.63, 3.8) is 0 Å². The molecule has 0 aliphatic carbocycles. The van der Waals surface area contributed by atoms with Crippen LogP contribution in [0, 0.1) is 5.92 Å². The molecule has 4 atom stereocenters. The van der Waals surface area contributed by atoms with Crippen molar-refractivity contribution >= 4 is 0 Å². The maximum atomic E-state index is 9.95. The van der Waals surface area contributed by atoms with Gasteiger partial charge in [-0.2, -0.15) is 0 Å². The van der Waals surface area contributed by atoms with Gasteiger partial charge < -0.3 is 25.4 Å². The quantitative estimate of drug-likeness (QED) is 0.468. The van der Waals surface area contributed by atoms with Gasteiger partial charge >= 0.3 is 0 Å². The standard InChI is InChI=1S/C10H22N2O4/c1-3-7-8(4-13)16-10(5-11,6-15-2)12-9(7)14/h7-9,12-14H,3-6,11H2,1-2H3. The van der Waals surface area contributed by atoms with Gasteiger partial charge in [0.2, 0.25) is 0 Å². The van der Waals surface area contributed by atoms with Crippen LogP contribution in [0.25, 0.3) is 0 Å².